The van der Waals surface area contributed by atoms with Gasteiger partial charge in [0.15, 0.2) is 0 Å². The number of carbonyl (C=O) groups excluding carboxylic acids is 1. The van der Waals surface area contributed by atoms with Crippen molar-refractivity contribution in [3.05, 3.63) is 36.4 Å². The predicted molar refractivity (Wildman–Crippen MR) is 79.0 cm³/mol. The standard InChI is InChI=1S/C13H15N5OS/c1-9(2)8-20-13-15-16-17-18(13)12-6-4-5-11(7-12)14-10(3)19/h4-7H,1,8H2,2-3H3,(H,14,19). The lowest BCUT2D eigenvalue weighted by molar-refractivity contribution is -0.114. The zero-order valence-electron chi connectivity index (χ0n) is 11.3. The summed E-state index contributed by atoms with van der Waals surface area (Å²) in [6.07, 6.45) is 0. The normalized spacial score (nSPS) is 10.3. The van der Waals surface area contributed by atoms with E-state index in [1.807, 2.05) is 31.2 Å². The second kappa shape index (κ2) is 6.33. The summed E-state index contributed by atoms with van der Waals surface area (Å²) in [6, 6.07) is 7.36. The maximum atomic E-state index is 11.1. The van der Waals surface area contributed by atoms with Crippen LogP contribution in [0.3, 0.4) is 0 Å². The van der Waals surface area contributed by atoms with Gasteiger partial charge in [-0.2, -0.15) is 4.68 Å². The largest absolute Gasteiger partial charge is 0.326 e. The lowest BCUT2D eigenvalue weighted by Gasteiger charge is -2.07. The van der Waals surface area contributed by atoms with Gasteiger partial charge in [0.1, 0.15) is 0 Å². The van der Waals surface area contributed by atoms with E-state index in [1.54, 1.807) is 4.68 Å². The number of thioether (sulfide) groups is 1. The lowest BCUT2D eigenvalue weighted by Crippen LogP contribution is -2.07. The zero-order valence-corrected chi connectivity index (χ0v) is 12.1. The molecule has 0 spiro atoms. The topological polar surface area (TPSA) is 72.7 Å². The Hall–Kier alpha value is -2.15. The molecule has 6 nitrogen and oxygen atoms in total. The average Bonchev–Trinajstić information content (AvgIpc) is 2.84. The molecule has 1 aromatic carbocycles. The number of anilines is 1. The van der Waals surface area contributed by atoms with Gasteiger partial charge in [0.05, 0.1) is 5.69 Å². The molecule has 1 heterocycles. The van der Waals surface area contributed by atoms with E-state index < -0.39 is 0 Å². The van der Waals surface area contributed by atoms with Crippen molar-refractivity contribution in [2.24, 2.45) is 0 Å². The molecule has 20 heavy (non-hydrogen) atoms. The molecule has 2 rings (SSSR count). The van der Waals surface area contributed by atoms with Gasteiger partial charge in [-0.05, 0) is 35.5 Å². The number of rotatable bonds is 5. The summed E-state index contributed by atoms with van der Waals surface area (Å²) in [4.78, 5) is 11.1. The predicted octanol–water partition coefficient (Wildman–Crippen LogP) is 2.29. The van der Waals surface area contributed by atoms with Crippen LogP contribution in [0, 0.1) is 0 Å². The van der Waals surface area contributed by atoms with Crippen molar-refractivity contribution in [3.63, 3.8) is 0 Å². The number of hydrogen-bond donors (Lipinski definition) is 1. The van der Waals surface area contributed by atoms with Gasteiger partial charge in [-0.3, -0.25) is 4.79 Å². The molecular formula is C13H15N5OS. The summed E-state index contributed by atoms with van der Waals surface area (Å²) >= 11 is 1.52. The van der Waals surface area contributed by atoms with Crippen molar-refractivity contribution < 1.29 is 4.79 Å². The fourth-order valence-electron chi connectivity index (χ4n) is 1.54. The number of carbonyl (C=O) groups is 1. The van der Waals surface area contributed by atoms with E-state index in [9.17, 15) is 4.79 Å². The Labute approximate surface area is 121 Å². The monoisotopic (exact) mass is 289 g/mol. The van der Waals surface area contributed by atoms with E-state index >= 15 is 0 Å². The third-order valence-electron chi connectivity index (χ3n) is 2.30. The highest BCUT2D eigenvalue weighted by Crippen LogP contribution is 2.21. The van der Waals surface area contributed by atoms with E-state index in [2.05, 4.69) is 27.4 Å². The van der Waals surface area contributed by atoms with Crippen LogP contribution in [-0.2, 0) is 4.79 Å². The van der Waals surface area contributed by atoms with E-state index in [1.165, 1.54) is 18.7 Å². The Morgan fingerprint density at radius 1 is 1.45 bits per heavy atom. The minimum Gasteiger partial charge on any atom is -0.326 e. The van der Waals surface area contributed by atoms with Crippen molar-refractivity contribution in [2.75, 3.05) is 11.1 Å². The van der Waals surface area contributed by atoms with Gasteiger partial charge < -0.3 is 5.32 Å². The highest BCUT2D eigenvalue weighted by atomic mass is 32.2. The Kier molecular flexibility index (Phi) is 4.52. The van der Waals surface area contributed by atoms with Gasteiger partial charge >= 0.3 is 0 Å². The van der Waals surface area contributed by atoms with Gasteiger partial charge in [0.25, 0.3) is 0 Å². The first-order valence-corrected chi connectivity index (χ1v) is 6.98. The van der Waals surface area contributed by atoms with Crippen LogP contribution in [0.5, 0.6) is 0 Å². The van der Waals surface area contributed by atoms with Crippen LogP contribution in [0.25, 0.3) is 5.69 Å². The SMILES string of the molecule is C=C(C)CSc1nnnn1-c1cccc(NC(C)=O)c1. The molecule has 7 heteroatoms. The molecule has 0 aliphatic carbocycles. The second-order valence-corrected chi connectivity index (χ2v) is 5.29. The van der Waals surface area contributed by atoms with E-state index in [4.69, 9.17) is 0 Å². The number of hydrogen-bond acceptors (Lipinski definition) is 5. The number of amides is 1. The van der Waals surface area contributed by atoms with Gasteiger partial charge in [-0.1, -0.05) is 30.0 Å². The van der Waals surface area contributed by atoms with Crippen LogP contribution in [-0.4, -0.2) is 31.9 Å². The summed E-state index contributed by atoms with van der Waals surface area (Å²) in [7, 11) is 0. The summed E-state index contributed by atoms with van der Waals surface area (Å²) in [5.41, 5.74) is 2.56. The third-order valence-corrected chi connectivity index (χ3v) is 3.45. The Balaban J connectivity index is 2.25. The number of aromatic nitrogens is 4. The Morgan fingerprint density at radius 3 is 2.95 bits per heavy atom. The molecule has 1 N–H and O–H groups in total. The molecule has 0 fully saturated rings. The van der Waals surface area contributed by atoms with Gasteiger partial charge in [0.2, 0.25) is 11.1 Å². The first-order chi connectivity index (χ1) is 9.56. The molecule has 0 aliphatic heterocycles. The number of tetrazole rings is 1. The van der Waals surface area contributed by atoms with Crippen molar-refractivity contribution in [3.8, 4) is 5.69 Å². The van der Waals surface area contributed by atoms with Gasteiger partial charge in [0, 0.05) is 18.4 Å². The highest BCUT2D eigenvalue weighted by molar-refractivity contribution is 7.99. The zero-order chi connectivity index (χ0) is 14.5. The quantitative estimate of drug-likeness (QED) is 0.675. The molecule has 1 aromatic heterocycles. The Morgan fingerprint density at radius 2 is 2.25 bits per heavy atom. The van der Waals surface area contributed by atoms with Crippen molar-refractivity contribution >= 4 is 23.4 Å². The molecular weight excluding hydrogens is 274 g/mol. The summed E-state index contributed by atoms with van der Waals surface area (Å²) in [5, 5.41) is 15.1. The maximum absolute atomic E-state index is 11.1. The van der Waals surface area contributed by atoms with Crippen molar-refractivity contribution in [2.45, 2.75) is 19.0 Å². The summed E-state index contributed by atoms with van der Waals surface area (Å²) in [6.45, 7) is 7.28. The number of benzene rings is 1. The smallest absolute Gasteiger partial charge is 0.221 e. The summed E-state index contributed by atoms with van der Waals surface area (Å²) in [5.74, 6) is 0.641. The van der Waals surface area contributed by atoms with Gasteiger partial charge in [-0.25, -0.2) is 0 Å². The minimum absolute atomic E-state index is 0.115. The van der Waals surface area contributed by atoms with Crippen LogP contribution in [0.1, 0.15) is 13.8 Å². The van der Waals surface area contributed by atoms with Crippen LogP contribution < -0.4 is 5.32 Å². The lowest BCUT2D eigenvalue weighted by atomic mass is 10.3. The van der Waals surface area contributed by atoms with Crippen LogP contribution in [0.15, 0.2) is 41.6 Å². The van der Waals surface area contributed by atoms with Crippen LogP contribution >= 0.6 is 11.8 Å². The van der Waals surface area contributed by atoms with Crippen LogP contribution in [0.2, 0.25) is 0 Å². The minimum atomic E-state index is -0.115. The average molecular weight is 289 g/mol. The highest BCUT2D eigenvalue weighted by Gasteiger charge is 2.09. The molecule has 0 unspecified atom stereocenters. The fraction of sp³-hybridized carbons (Fsp3) is 0.231. The number of nitrogens with zero attached hydrogens (tertiary/aromatic N) is 4. The molecule has 2 aromatic rings. The van der Waals surface area contributed by atoms with E-state index in [0.29, 0.717) is 10.8 Å². The van der Waals surface area contributed by atoms with Crippen molar-refractivity contribution in [1.29, 1.82) is 0 Å². The van der Waals surface area contributed by atoms with Crippen molar-refractivity contribution in [1.82, 2.24) is 20.2 Å². The molecule has 0 aliphatic rings. The maximum Gasteiger partial charge on any atom is 0.221 e. The van der Waals surface area contributed by atoms with E-state index in [-0.39, 0.29) is 5.91 Å². The third kappa shape index (κ3) is 3.67. The molecule has 0 radical (unpaired) electrons. The second-order valence-electron chi connectivity index (χ2n) is 4.35. The first kappa shape index (κ1) is 14.3. The molecule has 0 atom stereocenters. The first-order valence-electron chi connectivity index (χ1n) is 6.00. The van der Waals surface area contributed by atoms with Crippen LogP contribution in [0.4, 0.5) is 5.69 Å². The Bertz CT molecular complexity index is 637. The molecule has 0 saturated carbocycles. The molecule has 104 valence electrons. The van der Waals surface area contributed by atoms with Gasteiger partial charge in [-0.15, -0.1) is 5.10 Å². The molecule has 0 saturated heterocycles. The summed E-state index contributed by atoms with van der Waals surface area (Å²) < 4.78 is 1.64. The van der Waals surface area contributed by atoms with E-state index in [0.717, 1.165) is 17.0 Å². The molecule has 1 amide bonds. The number of nitrogens with one attached hydrogen (secondary N) is 1. The fourth-order valence-corrected chi connectivity index (χ4v) is 2.27. The molecule has 0 bridgehead atoms.